The van der Waals surface area contributed by atoms with Crippen LogP contribution in [0.25, 0.3) is 0 Å². The van der Waals surface area contributed by atoms with Crippen LogP contribution in [0.4, 0.5) is 14.5 Å². The number of halogens is 2. The third-order valence-corrected chi connectivity index (χ3v) is 4.96. The minimum absolute atomic E-state index is 0.0158. The quantitative estimate of drug-likeness (QED) is 0.910. The van der Waals surface area contributed by atoms with E-state index < -0.39 is 11.6 Å². The fraction of sp³-hybridized carbons (Fsp3) is 0.556. The van der Waals surface area contributed by atoms with Gasteiger partial charge < -0.3 is 15.0 Å². The minimum atomic E-state index is -0.787. The lowest BCUT2D eigenvalue weighted by Gasteiger charge is -2.33. The zero-order valence-corrected chi connectivity index (χ0v) is 14.0. The summed E-state index contributed by atoms with van der Waals surface area (Å²) in [5.74, 6) is -1.90. The van der Waals surface area contributed by atoms with Crippen LogP contribution in [0.3, 0.4) is 0 Å². The Morgan fingerprint density at radius 3 is 2.32 bits per heavy atom. The summed E-state index contributed by atoms with van der Waals surface area (Å²) in [6.45, 7) is 2.41. The molecule has 3 rings (SSSR count). The molecule has 0 unspecified atom stereocenters. The molecular formula is C18H22F2N2O3. The van der Waals surface area contributed by atoms with Crippen molar-refractivity contribution in [1.82, 2.24) is 4.90 Å². The first-order valence-corrected chi connectivity index (χ1v) is 8.67. The third-order valence-electron chi connectivity index (χ3n) is 4.96. The second-order valence-corrected chi connectivity index (χ2v) is 6.60. The van der Waals surface area contributed by atoms with E-state index in [1.807, 2.05) is 4.90 Å². The van der Waals surface area contributed by atoms with Crippen molar-refractivity contribution in [2.75, 3.05) is 31.6 Å². The molecule has 1 aromatic carbocycles. The summed E-state index contributed by atoms with van der Waals surface area (Å²) in [6, 6.07) is 3.07. The molecule has 0 spiro atoms. The first-order chi connectivity index (χ1) is 12.0. The maximum atomic E-state index is 13.6. The van der Waals surface area contributed by atoms with Gasteiger partial charge in [-0.05, 0) is 37.8 Å². The Labute approximate surface area is 145 Å². The van der Waals surface area contributed by atoms with Gasteiger partial charge >= 0.3 is 0 Å². The molecule has 0 bridgehead atoms. The Morgan fingerprint density at radius 1 is 1.04 bits per heavy atom. The van der Waals surface area contributed by atoms with E-state index in [-0.39, 0.29) is 29.3 Å². The number of nitrogens with one attached hydrogen (secondary N) is 1. The highest BCUT2D eigenvalue weighted by atomic mass is 19.1. The molecule has 0 atom stereocenters. The molecule has 2 amide bonds. The molecule has 2 fully saturated rings. The first-order valence-electron chi connectivity index (χ1n) is 8.67. The van der Waals surface area contributed by atoms with Crippen LogP contribution in [0.15, 0.2) is 18.2 Å². The van der Waals surface area contributed by atoms with Crippen LogP contribution >= 0.6 is 0 Å². The van der Waals surface area contributed by atoms with Crippen LogP contribution in [0.5, 0.6) is 0 Å². The van der Waals surface area contributed by atoms with E-state index in [0.29, 0.717) is 52.0 Å². The summed E-state index contributed by atoms with van der Waals surface area (Å²) >= 11 is 0. The van der Waals surface area contributed by atoms with Gasteiger partial charge in [-0.3, -0.25) is 9.59 Å². The Kier molecular flexibility index (Phi) is 5.63. The molecule has 1 aromatic rings. The van der Waals surface area contributed by atoms with Gasteiger partial charge in [0.05, 0.1) is 18.9 Å². The normalized spacial score (nSPS) is 24.0. The predicted molar refractivity (Wildman–Crippen MR) is 87.8 cm³/mol. The van der Waals surface area contributed by atoms with Crippen molar-refractivity contribution in [3.63, 3.8) is 0 Å². The standard InChI is InChI=1S/C18H22F2N2O3/c19-14-5-6-16(15(20)11-14)21-17(23)12-1-3-13(4-2-12)18(24)22-7-9-25-10-8-22/h5-6,11-13H,1-4,7-10H2,(H,21,23). The SMILES string of the molecule is O=C(Nc1ccc(F)cc1F)C1CCC(C(=O)N2CCOCC2)CC1. The van der Waals surface area contributed by atoms with Crippen LogP contribution < -0.4 is 5.32 Å². The van der Waals surface area contributed by atoms with Gasteiger partial charge in [-0.25, -0.2) is 8.78 Å². The van der Waals surface area contributed by atoms with Crippen molar-refractivity contribution in [3.05, 3.63) is 29.8 Å². The van der Waals surface area contributed by atoms with Crippen molar-refractivity contribution in [2.45, 2.75) is 25.7 Å². The minimum Gasteiger partial charge on any atom is -0.378 e. The van der Waals surface area contributed by atoms with E-state index in [9.17, 15) is 18.4 Å². The molecule has 1 heterocycles. The number of carbonyl (C=O) groups is 2. The Morgan fingerprint density at radius 2 is 1.68 bits per heavy atom. The summed E-state index contributed by atoms with van der Waals surface area (Å²) in [5.41, 5.74) is -0.0158. The molecule has 1 saturated carbocycles. The summed E-state index contributed by atoms with van der Waals surface area (Å²) in [4.78, 5) is 26.6. The number of hydrogen-bond donors (Lipinski definition) is 1. The van der Waals surface area contributed by atoms with Gasteiger partial charge in [0, 0.05) is 31.0 Å². The van der Waals surface area contributed by atoms with E-state index in [4.69, 9.17) is 4.74 Å². The lowest BCUT2D eigenvalue weighted by Crippen LogP contribution is -2.44. The highest BCUT2D eigenvalue weighted by molar-refractivity contribution is 5.92. The zero-order valence-electron chi connectivity index (χ0n) is 14.0. The Bertz CT molecular complexity index is 639. The van der Waals surface area contributed by atoms with Gasteiger partial charge in [0.25, 0.3) is 0 Å². The fourth-order valence-electron chi connectivity index (χ4n) is 3.47. The second kappa shape index (κ2) is 7.91. The molecule has 1 aliphatic heterocycles. The van der Waals surface area contributed by atoms with E-state index in [1.165, 1.54) is 6.07 Å². The molecule has 1 aliphatic carbocycles. The fourth-order valence-corrected chi connectivity index (χ4v) is 3.47. The number of morpholine rings is 1. The molecule has 7 heteroatoms. The van der Waals surface area contributed by atoms with E-state index in [2.05, 4.69) is 5.32 Å². The van der Waals surface area contributed by atoms with Gasteiger partial charge in [0.2, 0.25) is 11.8 Å². The number of hydrogen-bond acceptors (Lipinski definition) is 3. The Balaban J connectivity index is 1.51. The number of amides is 2. The smallest absolute Gasteiger partial charge is 0.227 e. The van der Waals surface area contributed by atoms with Gasteiger partial charge in [-0.2, -0.15) is 0 Å². The number of carbonyl (C=O) groups excluding carboxylic acids is 2. The largest absolute Gasteiger partial charge is 0.378 e. The number of nitrogens with zero attached hydrogens (tertiary/aromatic N) is 1. The van der Waals surface area contributed by atoms with Crippen LogP contribution in [-0.4, -0.2) is 43.0 Å². The lowest BCUT2D eigenvalue weighted by molar-refractivity contribution is -0.141. The van der Waals surface area contributed by atoms with Crippen molar-refractivity contribution in [3.8, 4) is 0 Å². The van der Waals surface area contributed by atoms with Crippen molar-refractivity contribution in [2.24, 2.45) is 11.8 Å². The molecular weight excluding hydrogens is 330 g/mol. The average molecular weight is 352 g/mol. The van der Waals surface area contributed by atoms with Crippen molar-refractivity contribution >= 4 is 17.5 Å². The van der Waals surface area contributed by atoms with Gasteiger partial charge in [0.1, 0.15) is 11.6 Å². The number of anilines is 1. The monoisotopic (exact) mass is 352 g/mol. The zero-order chi connectivity index (χ0) is 17.8. The summed E-state index contributed by atoms with van der Waals surface area (Å²) in [7, 11) is 0. The van der Waals surface area contributed by atoms with Crippen LogP contribution in [0.1, 0.15) is 25.7 Å². The summed E-state index contributed by atoms with van der Waals surface area (Å²) < 4.78 is 31.8. The van der Waals surface area contributed by atoms with Gasteiger partial charge in [0.15, 0.2) is 0 Å². The molecule has 1 N–H and O–H groups in total. The molecule has 0 aromatic heterocycles. The molecule has 0 radical (unpaired) electrons. The number of benzene rings is 1. The summed E-state index contributed by atoms with van der Waals surface area (Å²) in [5, 5.41) is 2.52. The predicted octanol–water partition coefficient (Wildman–Crippen LogP) is 2.57. The maximum absolute atomic E-state index is 13.6. The van der Waals surface area contributed by atoms with Crippen LogP contribution in [-0.2, 0) is 14.3 Å². The molecule has 25 heavy (non-hydrogen) atoms. The third kappa shape index (κ3) is 4.34. The maximum Gasteiger partial charge on any atom is 0.227 e. The van der Waals surface area contributed by atoms with Gasteiger partial charge in [-0.1, -0.05) is 0 Å². The van der Waals surface area contributed by atoms with Crippen molar-refractivity contribution in [1.29, 1.82) is 0 Å². The van der Waals surface area contributed by atoms with Gasteiger partial charge in [-0.15, -0.1) is 0 Å². The average Bonchev–Trinajstić information content (AvgIpc) is 2.64. The van der Waals surface area contributed by atoms with Crippen LogP contribution in [0, 0.1) is 23.5 Å². The highest BCUT2D eigenvalue weighted by Gasteiger charge is 2.32. The first kappa shape index (κ1) is 17.8. The molecule has 2 aliphatic rings. The van der Waals surface area contributed by atoms with E-state index in [1.54, 1.807) is 0 Å². The number of ether oxygens (including phenoxy) is 1. The van der Waals surface area contributed by atoms with Crippen molar-refractivity contribution < 1.29 is 23.1 Å². The molecule has 1 saturated heterocycles. The number of rotatable bonds is 3. The highest BCUT2D eigenvalue weighted by Crippen LogP contribution is 2.31. The van der Waals surface area contributed by atoms with E-state index in [0.717, 1.165) is 12.1 Å². The van der Waals surface area contributed by atoms with Crippen LogP contribution in [0.2, 0.25) is 0 Å². The topological polar surface area (TPSA) is 58.6 Å². The lowest BCUT2D eigenvalue weighted by atomic mass is 9.81. The van der Waals surface area contributed by atoms with E-state index >= 15 is 0 Å². The molecule has 136 valence electrons. The summed E-state index contributed by atoms with van der Waals surface area (Å²) in [6.07, 6.45) is 2.49. The Hall–Kier alpha value is -2.02. The second-order valence-electron chi connectivity index (χ2n) is 6.60. The molecule has 5 nitrogen and oxygen atoms in total.